The molecule has 0 amide bonds. The smallest absolute Gasteiger partial charge is 0.191 e. The zero-order valence-electron chi connectivity index (χ0n) is 14.7. The molecule has 5 nitrogen and oxygen atoms in total. The SMILES string of the molecule is CN=C(NCc1ccccc1-n1nc(C)cc1C)NCC(C)C. The first kappa shape index (κ1) is 17.1. The van der Waals surface area contributed by atoms with E-state index in [1.807, 2.05) is 17.7 Å². The van der Waals surface area contributed by atoms with Crippen molar-refractivity contribution in [1.29, 1.82) is 0 Å². The van der Waals surface area contributed by atoms with E-state index in [9.17, 15) is 0 Å². The van der Waals surface area contributed by atoms with E-state index in [4.69, 9.17) is 0 Å². The Kier molecular flexibility index (Phi) is 5.79. The van der Waals surface area contributed by atoms with Gasteiger partial charge < -0.3 is 10.6 Å². The van der Waals surface area contributed by atoms with Crippen molar-refractivity contribution in [1.82, 2.24) is 20.4 Å². The third-order valence-corrected chi connectivity index (χ3v) is 3.58. The Hall–Kier alpha value is -2.30. The number of nitrogens with one attached hydrogen (secondary N) is 2. The van der Waals surface area contributed by atoms with Crippen LogP contribution in [-0.2, 0) is 6.54 Å². The summed E-state index contributed by atoms with van der Waals surface area (Å²) in [5, 5.41) is 11.3. The Morgan fingerprint density at radius 2 is 1.96 bits per heavy atom. The maximum atomic E-state index is 4.59. The summed E-state index contributed by atoms with van der Waals surface area (Å²) < 4.78 is 2.00. The normalized spacial score (nSPS) is 11.8. The number of benzene rings is 1. The van der Waals surface area contributed by atoms with Crippen molar-refractivity contribution in [3.8, 4) is 5.69 Å². The Labute approximate surface area is 138 Å². The summed E-state index contributed by atoms with van der Waals surface area (Å²) in [4.78, 5) is 4.27. The predicted molar refractivity (Wildman–Crippen MR) is 96.1 cm³/mol. The fourth-order valence-electron chi connectivity index (χ4n) is 2.44. The molecule has 1 aromatic heterocycles. The fraction of sp³-hybridized carbons (Fsp3) is 0.444. The molecule has 0 fully saturated rings. The van der Waals surface area contributed by atoms with Crippen LogP contribution in [0.2, 0.25) is 0 Å². The first-order valence-corrected chi connectivity index (χ1v) is 8.07. The molecule has 23 heavy (non-hydrogen) atoms. The lowest BCUT2D eigenvalue weighted by Gasteiger charge is -2.16. The first-order chi connectivity index (χ1) is 11.0. The third kappa shape index (κ3) is 4.58. The largest absolute Gasteiger partial charge is 0.356 e. The summed E-state index contributed by atoms with van der Waals surface area (Å²) in [7, 11) is 1.79. The Morgan fingerprint density at radius 1 is 1.22 bits per heavy atom. The van der Waals surface area contributed by atoms with Crippen LogP contribution in [0.4, 0.5) is 0 Å². The fourth-order valence-corrected chi connectivity index (χ4v) is 2.44. The van der Waals surface area contributed by atoms with Gasteiger partial charge in [0.1, 0.15) is 0 Å². The second kappa shape index (κ2) is 7.81. The molecule has 0 spiro atoms. The molecular formula is C18H27N5. The van der Waals surface area contributed by atoms with E-state index in [0.29, 0.717) is 12.5 Å². The zero-order chi connectivity index (χ0) is 16.8. The number of aromatic nitrogens is 2. The van der Waals surface area contributed by atoms with Crippen LogP contribution in [0.3, 0.4) is 0 Å². The standard InChI is InChI=1S/C18H27N5/c1-13(2)11-20-18(19-5)21-12-16-8-6-7-9-17(16)23-15(4)10-14(3)22-23/h6-10,13H,11-12H2,1-5H3,(H2,19,20,21). The number of hydrogen-bond donors (Lipinski definition) is 2. The summed E-state index contributed by atoms with van der Waals surface area (Å²) in [6.45, 7) is 10.1. The molecule has 1 aromatic carbocycles. The van der Waals surface area contributed by atoms with Gasteiger partial charge in [0.25, 0.3) is 0 Å². The third-order valence-electron chi connectivity index (χ3n) is 3.58. The number of rotatable bonds is 5. The monoisotopic (exact) mass is 313 g/mol. The lowest BCUT2D eigenvalue weighted by Crippen LogP contribution is -2.38. The van der Waals surface area contributed by atoms with Crippen LogP contribution >= 0.6 is 0 Å². The van der Waals surface area contributed by atoms with Gasteiger partial charge in [-0.15, -0.1) is 0 Å². The molecule has 0 saturated carbocycles. The van der Waals surface area contributed by atoms with Crippen molar-refractivity contribution in [3.63, 3.8) is 0 Å². The van der Waals surface area contributed by atoms with Gasteiger partial charge in [0.15, 0.2) is 5.96 Å². The molecule has 124 valence electrons. The van der Waals surface area contributed by atoms with Gasteiger partial charge in [-0.3, -0.25) is 4.99 Å². The number of hydrogen-bond acceptors (Lipinski definition) is 2. The first-order valence-electron chi connectivity index (χ1n) is 8.07. The van der Waals surface area contributed by atoms with E-state index in [-0.39, 0.29) is 0 Å². The van der Waals surface area contributed by atoms with E-state index in [1.54, 1.807) is 7.05 Å². The molecule has 0 radical (unpaired) electrons. The molecule has 2 N–H and O–H groups in total. The minimum atomic E-state index is 0.579. The van der Waals surface area contributed by atoms with Crippen molar-refractivity contribution in [3.05, 3.63) is 47.3 Å². The van der Waals surface area contributed by atoms with Gasteiger partial charge in [-0.25, -0.2) is 4.68 Å². The Balaban J connectivity index is 2.13. The molecule has 0 saturated heterocycles. The molecule has 0 unspecified atom stereocenters. The van der Waals surface area contributed by atoms with Crippen molar-refractivity contribution in [2.75, 3.05) is 13.6 Å². The molecule has 5 heteroatoms. The van der Waals surface area contributed by atoms with Crippen molar-refractivity contribution >= 4 is 5.96 Å². The lowest BCUT2D eigenvalue weighted by atomic mass is 10.1. The molecule has 2 rings (SSSR count). The highest BCUT2D eigenvalue weighted by Gasteiger charge is 2.09. The quantitative estimate of drug-likeness (QED) is 0.659. The summed E-state index contributed by atoms with van der Waals surface area (Å²) >= 11 is 0. The molecule has 2 aromatic rings. The molecule has 0 aliphatic carbocycles. The molecule has 0 aliphatic rings. The summed E-state index contributed by atoms with van der Waals surface area (Å²) in [5.41, 5.74) is 4.45. The van der Waals surface area contributed by atoms with Gasteiger partial charge >= 0.3 is 0 Å². The highest BCUT2D eigenvalue weighted by Crippen LogP contribution is 2.16. The molecule has 0 atom stereocenters. The minimum Gasteiger partial charge on any atom is -0.356 e. The van der Waals surface area contributed by atoms with E-state index in [1.165, 1.54) is 5.56 Å². The van der Waals surface area contributed by atoms with Crippen molar-refractivity contribution in [2.45, 2.75) is 34.2 Å². The number of aryl methyl sites for hydroxylation is 2. The van der Waals surface area contributed by atoms with Gasteiger partial charge in [0, 0.05) is 25.8 Å². The topological polar surface area (TPSA) is 54.2 Å². The van der Waals surface area contributed by atoms with E-state index >= 15 is 0 Å². The van der Waals surface area contributed by atoms with Crippen LogP contribution in [-0.4, -0.2) is 29.3 Å². The van der Waals surface area contributed by atoms with E-state index in [0.717, 1.165) is 29.6 Å². The number of nitrogens with zero attached hydrogens (tertiary/aromatic N) is 3. The van der Waals surface area contributed by atoms with Gasteiger partial charge in [-0.05, 0) is 37.5 Å². The second-order valence-corrected chi connectivity index (χ2v) is 6.17. The zero-order valence-corrected chi connectivity index (χ0v) is 14.7. The number of guanidine groups is 1. The van der Waals surface area contributed by atoms with Crippen LogP contribution in [0, 0.1) is 19.8 Å². The Morgan fingerprint density at radius 3 is 2.57 bits per heavy atom. The number of aliphatic imine (C=N–C) groups is 1. The predicted octanol–water partition coefficient (Wildman–Crippen LogP) is 2.81. The molecule has 1 heterocycles. The molecule has 0 bridgehead atoms. The highest BCUT2D eigenvalue weighted by molar-refractivity contribution is 5.79. The van der Waals surface area contributed by atoms with Crippen LogP contribution in [0.5, 0.6) is 0 Å². The lowest BCUT2D eigenvalue weighted by molar-refractivity contribution is 0.614. The molecule has 0 aliphatic heterocycles. The Bertz CT molecular complexity index is 670. The van der Waals surface area contributed by atoms with Gasteiger partial charge in [-0.2, -0.15) is 5.10 Å². The van der Waals surface area contributed by atoms with Gasteiger partial charge in [0.2, 0.25) is 0 Å². The van der Waals surface area contributed by atoms with E-state index < -0.39 is 0 Å². The maximum absolute atomic E-state index is 4.59. The maximum Gasteiger partial charge on any atom is 0.191 e. The van der Waals surface area contributed by atoms with Crippen molar-refractivity contribution < 1.29 is 0 Å². The highest BCUT2D eigenvalue weighted by atomic mass is 15.3. The van der Waals surface area contributed by atoms with Crippen LogP contribution in [0.1, 0.15) is 30.8 Å². The van der Waals surface area contributed by atoms with E-state index in [2.05, 4.69) is 65.8 Å². The average Bonchev–Trinajstić information content (AvgIpc) is 2.86. The van der Waals surface area contributed by atoms with Crippen LogP contribution < -0.4 is 10.6 Å². The van der Waals surface area contributed by atoms with Crippen molar-refractivity contribution in [2.24, 2.45) is 10.9 Å². The number of para-hydroxylation sites is 1. The minimum absolute atomic E-state index is 0.579. The van der Waals surface area contributed by atoms with Gasteiger partial charge in [0.05, 0.1) is 11.4 Å². The van der Waals surface area contributed by atoms with Crippen LogP contribution in [0.25, 0.3) is 5.69 Å². The summed E-state index contributed by atoms with van der Waals surface area (Å²) in [6, 6.07) is 10.4. The van der Waals surface area contributed by atoms with Gasteiger partial charge in [-0.1, -0.05) is 32.0 Å². The second-order valence-electron chi connectivity index (χ2n) is 6.17. The summed E-state index contributed by atoms with van der Waals surface area (Å²) in [6.07, 6.45) is 0. The average molecular weight is 313 g/mol. The molecular weight excluding hydrogens is 286 g/mol. The summed E-state index contributed by atoms with van der Waals surface area (Å²) in [5.74, 6) is 1.40. The van der Waals surface area contributed by atoms with Crippen LogP contribution in [0.15, 0.2) is 35.3 Å².